The zero-order valence-corrected chi connectivity index (χ0v) is 10.4. The molecule has 1 aromatic carbocycles. The topological polar surface area (TPSA) is 124 Å². The summed E-state index contributed by atoms with van der Waals surface area (Å²) in [4.78, 5) is 44.3. The number of rotatable bonds is 3. The maximum atomic E-state index is 11.7. The van der Waals surface area contributed by atoms with Crippen LogP contribution in [0.3, 0.4) is 0 Å². The molecule has 20 heavy (non-hydrogen) atoms. The molecule has 0 aliphatic carbocycles. The molecule has 0 radical (unpaired) electrons. The van der Waals surface area contributed by atoms with E-state index in [9.17, 15) is 29.8 Å². The predicted molar refractivity (Wildman–Crippen MR) is 66.5 cm³/mol. The fourth-order valence-electron chi connectivity index (χ4n) is 2.08. The van der Waals surface area contributed by atoms with Gasteiger partial charge in [0.1, 0.15) is 0 Å². The number of hydrogen-bond donors (Lipinski definition) is 0. The number of benzene rings is 1. The normalized spacial score (nSPS) is 14.8. The maximum Gasteiger partial charge on any atom is 0.300 e. The molecule has 0 unspecified atom stereocenters. The van der Waals surface area contributed by atoms with E-state index in [0.717, 1.165) is 17.0 Å². The summed E-state index contributed by atoms with van der Waals surface area (Å²) in [7, 11) is 0. The highest BCUT2D eigenvalue weighted by atomic mass is 16.6. The van der Waals surface area contributed by atoms with Crippen molar-refractivity contribution in [3.8, 4) is 0 Å². The Balaban J connectivity index is 2.71. The lowest BCUT2D eigenvalue weighted by atomic mass is 10.1. The van der Waals surface area contributed by atoms with Gasteiger partial charge < -0.3 is 0 Å². The van der Waals surface area contributed by atoms with E-state index in [0.29, 0.717) is 5.56 Å². The highest BCUT2D eigenvalue weighted by molar-refractivity contribution is 6.16. The van der Waals surface area contributed by atoms with Crippen LogP contribution in [0.5, 0.6) is 0 Å². The van der Waals surface area contributed by atoms with Crippen LogP contribution in [0.1, 0.15) is 12.0 Å². The van der Waals surface area contributed by atoms with E-state index in [-0.39, 0.29) is 6.54 Å². The van der Waals surface area contributed by atoms with Gasteiger partial charge in [-0.05, 0) is 12.5 Å². The van der Waals surface area contributed by atoms with Crippen LogP contribution in [0, 0.1) is 27.2 Å². The molecule has 1 fully saturated rings. The number of nitro groups is 2. The van der Waals surface area contributed by atoms with Crippen LogP contribution in [0.4, 0.5) is 17.1 Å². The number of carbonyl (C=O) groups excluding carboxylic acids is 2. The first-order valence-corrected chi connectivity index (χ1v) is 5.56. The Morgan fingerprint density at radius 3 is 1.95 bits per heavy atom. The quantitative estimate of drug-likeness (QED) is 0.464. The molecule has 0 aromatic heterocycles. The van der Waals surface area contributed by atoms with Gasteiger partial charge in [-0.15, -0.1) is 0 Å². The molecule has 0 spiro atoms. The van der Waals surface area contributed by atoms with Crippen LogP contribution in [0.2, 0.25) is 0 Å². The van der Waals surface area contributed by atoms with Gasteiger partial charge in [0.25, 0.3) is 11.4 Å². The van der Waals surface area contributed by atoms with Crippen LogP contribution in [0.25, 0.3) is 0 Å². The third-order valence-corrected chi connectivity index (χ3v) is 2.86. The van der Waals surface area contributed by atoms with E-state index in [4.69, 9.17) is 0 Å². The minimum atomic E-state index is -0.800. The molecule has 0 bridgehead atoms. The summed E-state index contributed by atoms with van der Waals surface area (Å²) in [5.41, 5.74) is -1.22. The Hall–Kier alpha value is -2.84. The predicted octanol–water partition coefficient (Wildman–Crippen LogP) is 1.12. The lowest BCUT2D eigenvalue weighted by molar-refractivity contribution is -0.392. The highest BCUT2D eigenvalue weighted by Crippen LogP contribution is 2.39. The first-order chi connectivity index (χ1) is 9.31. The largest absolute Gasteiger partial charge is 0.300 e. The van der Waals surface area contributed by atoms with Gasteiger partial charge >= 0.3 is 0 Å². The van der Waals surface area contributed by atoms with Crippen LogP contribution in [-0.2, 0) is 9.59 Å². The number of aryl methyl sites for hydroxylation is 1. The SMILES string of the molecule is Cc1cc([N+](=O)[O-])c(N2CC(=O)CC2=O)c([N+](=O)[O-])c1. The van der Waals surface area contributed by atoms with E-state index in [1.54, 1.807) is 0 Å². The minimum absolute atomic E-state index is 0.324. The van der Waals surface area contributed by atoms with Crippen molar-refractivity contribution in [2.45, 2.75) is 13.3 Å². The fourth-order valence-corrected chi connectivity index (χ4v) is 2.08. The number of anilines is 1. The molecule has 1 aliphatic rings. The van der Waals surface area contributed by atoms with Gasteiger partial charge in [0.2, 0.25) is 11.6 Å². The second kappa shape index (κ2) is 4.68. The highest BCUT2D eigenvalue weighted by Gasteiger charge is 2.38. The van der Waals surface area contributed by atoms with Crippen LogP contribution < -0.4 is 4.90 Å². The van der Waals surface area contributed by atoms with E-state index in [2.05, 4.69) is 0 Å². The number of nitrogens with zero attached hydrogens (tertiary/aromatic N) is 3. The van der Waals surface area contributed by atoms with Gasteiger partial charge in [-0.1, -0.05) is 0 Å². The summed E-state index contributed by atoms with van der Waals surface area (Å²) in [6, 6.07) is 2.27. The Labute approximate surface area is 112 Å². The average Bonchev–Trinajstić information content (AvgIpc) is 2.66. The van der Waals surface area contributed by atoms with Crippen molar-refractivity contribution < 1.29 is 19.4 Å². The second-order valence-corrected chi connectivity index (χ2v) is 4.36. The van der Waals surface area contributed by atoms with Gasteiger partial charge in [0.05, 0.1) is 22.8 Å². The standard InChI is InChI=1S/C11H9N3O6/c1-6-2-8(13(17)18)11(9(3-6)14(19)20)12-5-7(15)4-10(12)16/h2-3H,4-5H2,1H3. The minimum Gasteiger partial charge on any atom is -0.297 e. The van der Waals surface area contributed by atoms with E-state index >= 15 is 0 Å². The third-order valence-electron chi connectivity index (χ3n) is 2.86. The molecule has 9 heteroatoms. The van der Waals surface area contributed by atoms with Gasteiger partial charge in [0.15, 0.2) is 5.78 Å². The van der Waals surface area contributed by atoms with E-state index < -0.39 is 45.0 Å². The number of ketones is 1. The number of carbonyl (C=O) groups is 2. The maximum absolute atomic E-state index is 11.7. The van der Waals surface area contributed by atoms with Crippen LogP contribution >= 0.6 is 0 Å². The third kappa shape index (κ3) is 2.20. The number of Topliss-reactive ketones (excluding diaryl/α,β-unsaturated/α-hetero) is 1. The monoisotopic (exact) mass is 279 g/mol. The average molecular weight is 279 g/mol. The van der Waals surface area contributed by atoms with Crippen molar-refractivity contribution in [2.24, 2.45) is 0 Å². The van der Waals surface area contributed by atoms with E-state index in [1.807, 2.05) is 0 Å². The molecule has 1 heterocycles. The lowest BCUT2D eigenvalue weighted by Crippen LogP contribution is -2.26. The Morgan fingerprint density at radius 2 is 1.60 bits per heavy atom. The summed E-state index contributed by atoms with van der Waals surface area (Å²) in [5, 5.41) is 22.1. The lowest BCUT2D eigenvalue weighted by Gasteiger charge is -2.15. The molecular weight excluding hydrogens is 270 g/mol. The Kier molecular flexibility index (Phi) is 3.18. The number of nitro benzene ring substituents is 2. The van der Waals surface area contributed by atoms with Crippen molar-refractivity contribution in [3.05, 3.63) is 37.9 Å². The van der Waals surface area contributed by atoms with Crippen molar-refractivity contribution in [3.63, 3.8) is 0 Å². The molecular formula is C11H9N3O6. The second-order valence-electron chi connectivity index (χ2n) is 4.36. The summed E-state index contributed by atoms with van der Waals surface area (Å²) >= 11 is 0. The molecule has 104 valence electrons. The number of amides is 1. The molecule has 1 saturated heterocycles. The van der Waals surface area contributed by atoms with Gasteiger partial charge in [-0.2, -0.15) is 0 Å². The number of hydrogen-bond acceptors (Lipinski definition) is 6. The molecule has 2 rings (SSSR count). The van der Waals surface area contributed by atoms with Crippen LogP contribution in [-0.4, -0.2) is 28.1 Å². The molecule has 9 nitrogen and oxygen atoms in total. The first-order valence-electron chi connectivity index (χ1n) is 5.56. The van der Waals surface area contributed by atoms with E-state index in [1.165, 1.54) is 6.92 Å². The Morgan fingerprint density at radius 1 is 1.10 bits per heavy atom. The smallest absolute Gasteiger partial charge is 0.297 e. The molecule has 1 aliphatic heterocycles. The molecule has 0 atom stereocenters. The molecule has 1 amide bonds. The van der Waals surface area contributed by atoms with Crippen molar-refractivity contribution >= 4 is 28.8 Å². The van der Waals surface area contributed by atoms with Gasteiger partial charge in [-0.25, -0.2) is 0 Å². The zero-order chi connectivity index (χ0) is 15.0. The molecule has 0 saturated carbocycles. The fraction of sp³-hybridized carbons (Fsp3) is 0.273. The van der Waals surface area contributed by atoms with Crippen molar-refractivity contribution in [1.82, 2.24) is 0 Å². The zero-order valence-electron chi connectivity index (χ0n) is 10.4. The summed E-state index contributed by atoms with van der Waals surface area (Å²) in [5.74, 6) is -1.11. The summed E-state index contributed by atoms with van der Waals surface area (Å²) in [6.45, 7) is 1.09. The first kappa shape index (κ1) is 13.6. The molecule has 0 N–H and O–H groups in total. The summed E-state index contributed by atoms with van der Waals surface area (Å²) in [6.07, 6.45) is -0.401. The van der Waals surface area contributed by atoms with Gasteiger partial charge in [-0.3, -0.25) is 34.7 Å². The summed E-state index contributed by atoms with van der Waals surface area (Å²) < 4.78 is 0. The van der Waals surface area contributed by atoms with Crippen molar-refractivity contribution in [2.75, 3.05) is 11.4 Å². The van der Waals surface area contributed by atoms with Crippen molar-refractivity contribution in [1.29, 1.82) is 0 Å². The van der Waals surface area contributed by atoms with Gasteiger partial charge in [0, 0.05) is 12.1 Å². The molecule has 1 aromatic rings. The van der Waals surface area contributed by atoms with Crippen LogP contribution in [0.15, 0.2) is 12.1 Å². The Bertz CT molecular complexity index is 619.